The van der Waals surface area contributed by atoms with Crippen molar-refractivity contribution in [3.63, 3.8) is 0 Å². The van der Waals surface area contributed by atoms with E-state index in [9.17, 15) is 9.18 Å². The Morgan fingerprint density at radius 1 is 1.38 bits per heavy atom. The summed E-state index contributed by atoms with van der Waals surface area (Å²) in [7, 11) is 1.41. The van der Waals surface area contributed by atoms with Crippen molar-refractivity contribution in [2.75, 3.05) is 20.2 Å². The maximum absolute atomic E-state index is 13.5. The molecule has 1 aromatic rings. The summed E-state index contributed by atoms with van der Waals surface area (Å²) in [6.45, 7) is 1.81. The highest BCUT2D eigenvalue weighted by Gasteiger charge is 2.36. The first-order valence-corrected chi connectivity index (χ1v) is 7.58. The molecule has 114 valence electrons. The molecule has 2 heterocycles. The van der Waals surface area contributed by atoms with Gasteiger partial charge in [0.05, 0.1) is 7.11 Å². The van der Waals surface area contributed by atoms with E-state index >= 15 is 0 Å². The zero-order valence-electron chi connectivity index (χ0n) is 12.3. The molecule has 0 spiro atoms. The highest BCUT2D eigenvalue weighted by Crippen LogP contribution is 2.27. The quantitative estimate of drug-likeness (QED) is 0.928. The zero-order chi connectivity index (χ0) is 14.8. The average molecular weight is 292 g/mol. The molecule has 5 heteroatoms. The number of halogens is 1. The van der Waals surface area contributed by atoms with Crippen molar-refractivity contribution in [3.05, 3.63) is 29.6 Å². The Bertz CT molecular complexity index is 529. The largest absolute Gasteiger partial charge is 0.494 e. The second-order valence-corrected chi connectivity index (χ2v) is 5.76. The second-order valence-electron chi connectivity index (χ2n) is 5.76. The van der Waals surface area contributed by atoms with E-state index in [1.165, 1.54) is 31.7 Å². The van der Waals surface area contributed by atoms with Crippen LogP contribution in [0.25, 0.3) is 0 Å². The fraction of sp³-hybridized carbons (Fsp3) is 0.562. The maximum atomic E-state index is 13.5. The molecular formula is C16H21FN2O2. The Balaban J connectivity index is 1.80. The molecule has 2 atom stereocenters. The third kappa shape index (κ3) is 2.75. The van der Waals surface area contributed by atoms with Crippen LogP contribution in [-0.4, -0.2) is 43.1 Å². The number of amides is 1. The van der Waals surface area contributed by atoms with Gasteiger partial charge in [-0.3, -0.25) is 4.79 Å². The van der Waals surface area contributed by atoms with E-state index in [-0.39, 0.29) is 17.7 Å². The van der Waals surface area contributed by atoms with Gasteiger partial charge in [0.1, 0.15) is 0 Å². The van der Waals surface area contributed by atoms with Gasteiger partial charge in [-0.05, 0) is 50.4 Å². The van der Waals surface area contributed by atoms with Gasteiger partial charge in [0.2, 0.25) is 0 Å². The first-order valence-electron chi connectivity index (χ1n) is 7.58. The van der Waals surface area contributed by atoms with Gasteiger partial charge in [-0.25, -0.2) is 4.39 Å². The average Bonchev–Trinajstić information content (AvgIpc) is 3.17. The van der Waals surface area contributed by atoms with Gasteiger partial charge in [-0.15, -0.1) is 0 Å². The molecule has 1 aromatic carbocycles. The van der Waals surface area contributed by atoms with Crippen molar-refractivity contribution >= 4 is 5.91 Å². The Morgan fingerprint density at radius 3 is 2.95 bits per heavy atom. The molecular weight excluding hydrogens is 271 g/mol. The Hall–Kier alpha value is -1.62. The van der Waals surface area contributed by atoms with Crippen molar-refractivity contribution in [2.24, 2.45) is 0 Å². The summed E-state index contributed by atoms with van der Waals surface area (Å²) in [5.41, 5.74) is 0.498. The summed E-state index contributed by atoms with van der Waals surface area (Å²) >= 11 is 0. The fourth-order valence-corrected chi connectivity index (χ4v) is 3.46. The van der Waals surface area contributed by atoms with Crippen molar-refractivity contribution in [1.29, 1.82) is 0 Å². The third-order valence-corrected chi connectivity index (χ3v) is 4.52. The molecule has 0 aliphatic carbocycles. The molecule has 3 rings (SSSR count). The molecule has 1 N–H and O–H groups in total. The molecule has 0 aromatic heterocycles. The molecule has 0 radical (unpaired) electrons. The molecule has 1 amide bonds. The van der Waals surface area contributed by atoms with E-state index in [1.54, 1.807) is 0 Å². The molecule has 2 saturated heterocycles. The Kier molecular flexibility index (Phi) is 4.10. The van der Waals surface area contributed by atoms with E-state index in [0.717, 1.165) is 32.4 Å². The normalized spacial score (nSPS) is 25.3. The van der Waals surface area contributed by atoms with Crippen LogP contribution >= 0.6 is 0 Å². The molecule has 4 nitrogen and oxygen atoms in total. The number of rotatable bonds is 3. The summed E-state index contributed by atoms with van der Waals surface area (Å²) in [4.78, 5) is 14.7. The topological polar surface area (TPSA) is 41.6 Å². The first kappa shape index (κ1) is 14.3. The molecule has 2 aliphatic rings. The van der Waals surface area contributed by atoms with Gasteiger partial charge >= 0.3 is 0 Å². The minimum atomic E-state index is -0.440. The second kappa shape index (κ2) is 6.02. The van der Waals surface area contributed by atoms with Crippen molar-refractivity contribution in [1.82, 2.24) is 10.2 Å². The van der Waals surface area contributed by atoms with Crippen LogP contribution in [0.3, 0.4) is 0 Å². The third-order valence-electron chi connectivity index (χ3n) is 4.52. The van der Waals surface area contributed by atoms with E-state index in [2.05, 4.69) is 5.32 Å². The molecule has 2 aliphatic heterocycles. The number of methoxy groups -OCH3 is 1. The van der Waals surface area contributed by atoms with Gasteiger partial charge < -0.3 is 15.0 Å². The number of ether oxygens (including phenoxy) is 1. The molecule has 2 unspecified atom stereocenters. The summed E-state index contributed by atoms with van der Waals surface area (Å²) in [6.07, 6.45) is 4.38. The Morgan fingerprint density at radius 2 is 2.24 bits per heavy atom. The standard InChI is InChI=1S/C16H21FN2O2/c1-21-15-10-11(6-7-12(15)17)16(20)19-9-3-5-14(19)13-4-2-8-18-13/h6-7,10,13-14,18H,2-5,8-9H2,1H3. The van der Waals surface area contributed by atoms with Gasteiger partial charge in [0.15, 0.2) is 11.6 Å². The van der Waals surface area contributed by atoms with Crippen LogP contribution in [0.15, 0.2) is 18.2 Å². The highest BCUT2D eigenvalue weighted by atomic mass is 19.1. The lowest BCUT2D eigenvalue weighted by Gasteiger charge is -2.29. The van der Waals surface area contributed by atoms with Crippen molar-refractivity contribution in [2.45, 2.75) is 37.8 Å². The van der Waals surface area contributed by atoms with E-state index in [0.29, 0.717) is 11.6 Å². The number of carbonyl (C=O) groups excluding carboxylic acids is 1. The van der Waals surface area contributed by atoms with Crippen LogP contribution in [0, 0.1) is 5.82 Å². The van der Waals surface area contributed by atoms with Crippen molar-refractivity contribution in [3.8, 4) is 5.75 Å². The minimum Gasteiger partial charge on any atom is -0.494 e. The smallest absolute Gasteiger partial charge is 0.254 e. The number of hydrogen-bond acceptors (Lipinski definition) is 3. The first-order chi connectivity index (χ1) is 10.2. The molecule has 2 fully saturated rings. The predicted molar refractivity (Wildman–Crippen MR) is 78.0 cm³/mol. The van der Waals surface area contributed by atoms with Gasteiger partial charge in [-0.2, -0.15) is 0 Å². The number of benzene rings is 1. The van der Waals surface area contributed by atoms with E-state index in [1.807, 2.05) is 4.90 Å². The molecule has 21 heavy (non-hydrogen) atoms. The Labute approximate surface area is 124 Å². The zero-order valence-corrected chi connectivity index (χ0v) is 12.3. The van der Waals surface area contributed by atoms with Crippen LogP contribution in [0.2, 0.25) is 0 Å². The van der Waals surface area contributed by atoms with Gasteiger partial charge in [0.25, 0.3) is 5.91 Å². The van der Waals surface area contributed by atoms with Crippen LogP contribution in [0.4, 0.5) is 4.39 Å². The molecule has 0 saturated carbocycles. The number of likely N-dealkylation sites (tertiary alicyclic amines) is 1. The maximum Gasteiger partial charge on any atom is 0.254 e. The lowest BCUT2D eigenvalue weighted by atomic mass is 10.0. The predicted octanol–water partition coefficient (Wildman–Crippen LogP) is 2.19. The fourth-order valence-electron chi connectivity index (χ4n) is 3.46. The summed E-state index contributed by atoms with van der Waals surface area (Å²) in [5.74, 6) is -0.343. The summed E-state index contributed by atoms with van der Waals surface area (Å²) in [5, 5.41) is 3.49. The lowest BCUT2D eigenvalue weighted by Crippen LogP contribution is -2.46. The lowest BCUT2D eigenvalue weighted by molar-refractivity contribution is 0.0711. The minimum absolute atomic E-state index is 0.0236. The number of nitrogens with one attached hydrogen (secondary N) is 1. The molecule has 0 bridgehead atoms. The number of carbonyl (C=O) groups is 1. The van der Waals surface area contributed by atoms with Crippen LogP contribution < -0.4 is 10.1 Å². The van der Waals surface area contributed by atoms with Crippen LogP contribution in [0.1, 0.15) is 36.0 Å². The monoisotopic (exact) mass is 292 g/mol. The summed E-state index contributed by atoms with van der Waals surface area (Å²) < 4.78 is 18.4. The highest BCUT2D eigenvalue weighted by molar-refractivity contribution is 5.95. The van der Waals surface area contributed by atoms with Gasteiger partial charge in [-0.1, -0.05) is 0 Å². The van der Waals surface area contributed by atoms with Crippen molar-refractivity contribution < 1.29 is 13.9 Å². The van der Waals surface area contributed by atoms with Gasteiger partial charge in [0, 0.05) is 24.2 Å². The van der Waals surface area contributed by atoms with E-state index < -0.39 is 5.82 Å². The number of hydrogen-bond donors (Lipinski definition) is 1. The van der Waals surface area contributed by atoms with Crippen LogP contribution in [0.5, 0.6) is 5.75 Å². The number of nitrogens with zero attached hydrogens (tertiary/aromatic N) is 1. The van der Waals surface area contributed by atoms with Crippen LogP contribution in [-0.2, 0) is 0 Å². The summed E-state index contributed by atoms with van der Waals surface area (Å²) in [6, 6.07) is 4.99. The SMILES string of the molecule is COc1cc(C(=O)N2CCCC2C2CCCN2)ccc1F. The van der Waals surface area contributed by atoms with E-state index in [4.69, 9.17) is 4.74 Å².